The maximum Gasteiger partial charge on any atom is 0.223 e. The number of nitrogens with zero attached hydrogens (tertiary/aromatic N) is 2. The van der Waals surface area contributed by atoms with E-state index in [1.807, 2.05) is 6.07 Å². The Balaban J connectivity index is 0.00000200. The Hall–Kier alpha value is -0.610. The number of rotatable bonds is 3. The lowest BCUT2D eigenvalue weighted by Crippen LogP contribution is -2.44. The summed E-state index contributed by atoms with van der Waals surface area (Å²) in [4.78, 5) is 13.4. The molecule has 2 saturated heterocycles. The minimum absolute atomic E-state index is 0. The number of amides is 1. The maximum atomic E-state index is 13.2. The van der Waals surface area contributed by atoms with Gasteiger partial charge in [0.15, 0.2) is 0 Å². The molecule has 2 heterocycles. The van der Waals surface area contributed by atoms with Crippen LogP contribution in [0.25, 0.3) is 0 Å². The van der Waals surface area contributed by atoms with Crippen LogP contribution in [0.1, 0.15) is 32.1 Å². The first kappa shape index (κ1) is 20.4. The van der Waals surface area contributed by atoms with E-state index in [1.165, 1.54) is 4.90 Å². The van der Waals surface area contributed by atoms with Crippen LogP contribution in [0, 0.1) is 17.2 Å². The van der Waals surface area contributed by atoms with Crippen molar-refractivity contribution in [3.63, 3.8) is 0 Å². The van der Waals surface area contributed by atoms with Crippen molar-refractivity contribution in [2.75, 3.05) is 13.1 Å². The van der Waals surface area contributed by atoms with Crippen molar-refractivity contribution >= 4 is 30.7 Å². The highest BCUT2D eigenvalue weighted by atomic mass is 35.5. The van der Waals surface area contributed by atoms with Crippen LogP contribution < -0.4 is 11.1 Å². The summed E-state index contributed by atoms with van der Waals surface area (Å²) in [5, 5.41) is 12.1. The third-order valence-electron chi connectivity index (χ3n) is 4.03. The lowest BCUT2D eigenvalue weighted by atomic mass is 9.91. The Labute approximate surface area is 137 Å². The van der Waals surface area contributed by atoms with Gasteiger partial charge in [0, 0.05) is 12.8 Å². The van der Waals surface area contributed by atoms with E-state index in [4.69, 9.17) is 11.0 Å². The van der Waals surface area contributed by atoms with Gasteiger partial charge in [0.2, 0.25) is 5.91 Å². The predicted octanol–water partition coefficient (Wildman–Crippen LogP) is 1.36. The van der Waals surface area contributed by atoms with Gasteiger partial charge in [-0.1, -0.05) is 0 Å². The van der Waals surface area contributed by atoms with Gasteiger partial charge >= 0.3 is 0 Å². The number of carbonyl (C=O) groups excluding carboxylic acids is 1. The molecule has 0 bridgehead atoms. The van der Waals surface area contributed by atoms with Crippen molar-refractivity contribution in [2.24, 2.45) is 11.7 Å². The number of hydrogen-bond acceptors (Lipinski definition) is 4. The summed E-state index contributed by atoms with van der Waals surface area (Å²) in [5.41, 5.74) is 5.82. The van der Waals surface area contributed by atoms with Crippen molar-refractivity contribution in [1.82, 2.24) is 10.2 Å². The van der Waals surface area contributed by atoms with E-state index in [2.05, 4.69) is 5.32 Å². The van der Waals surface area contributed by atoms with Crippen molar-refractivity contribution in [1.29, 1.82) is 5.26 Å². The quantitative estimate of drug-likeness (QED) is 0.812. The van der Waals surface area contributed by atoms with Gasteiger partial charge < -0.3 is 16.0 Å². The van der Waals surface area contributed by atoms with E-state index in [-0.39, 0.29) is 49.9 Å². The van der Waals surface area contributed by atoms with Gasteiger partial charge in [-0.15, -0.1) is 24.8 Å². The SMILES string of the molecule is Cl.Cl.N#C[C@@H]1C[C@H](F)CN1C(=O)CCC1CCNC(N)C1. The second-order valence-electron chi connectivity index (χ2n) is 5.51. The molecule has 2 rings (SSSR count). The summed E-state index contributed by atoms with van der Waals surface area (Å²) < 4.78 is 13.2. The smallest absolute Gasteiger partial charge is 0.223 e. The molecule has 21 heavy (non-hydrogen) atoms. The van der Waals surface area contributed by atoms with Gasteiger partial charge in [0.05, 0.1) is 18.8 Å². The van der Waals surface area contributed by atoms with Gasteiger partial charge in [-0.05, 0) is 31.7 Å². The van der Waals surface area contributed by atoms with E-state index in [9.17, 15) is 9.18 Å². The predicted molar refractivity (Wildman–Crippen MR) is 83.1 cm³/mol. The van der Waals surface area contributed by atoms with Crippen LogP contribution >= 0.6 is 24.8 Å². The highest BCUT2D eigenvalue weighted by Gasteiger charge is 2.35. The zero-order valence-electron chi connectivity index (χ0n) is 11.8. The molecule has 5 nitrogen and oxygen atoms in total. The Morgan fingerprint density at radius 1 is 1.43 bits per heavy atom. The third kappa shape index (κ3) is 5.59. The molecule has 0 aliphatic carbocycles. The van der Waals surface area contributed by atoms with E-state index < -0.39 is 12.2 Å². The van der Waals surface area contributed by atoms with Gasteiger partial charge in [0.25, 0.3) is 0 Å². The van der Waals surface area contributed by atoms with Crippen molar-refractivity contribution in [3.05, 3.63) is 0 Å². The fraction of sp³-hybridized carbons (Fsp3) is 0.846. The van der Waals surface area contributed by atoms with E-state index >= 15 is 0 Å². The summed E-state index contributed by atoms with van der Waals surface area (Å²) in [6.07, 6.45) is 2.18. The standard InChI is InChI=1S/C13H21FN4O.2ClH/c14-10-6-11(7-15)18(8-10)13(19)2-1-9-3-4-17-12(16)5-9;;/h9-12,17H,1-6,8,16H2;2*1H/t9?,10-,11-,12?;;/m0../s1. The van der Waals surface area contributed by atoms with Crippen LogP contribution in [-0.4, -0.2) is 42.3 Å². The molecule has 2 aliphatic rings. The van der Waals surface area contributed by atoms with E-state index in [0.29, 0.717) is 12.3 Å². The van der Waals surface area contributed by atoms with Crippen molar-refractivity contribution in [3.8, 4) is 6.07 Å². The van der Waals surface area contributed by atoms with E-state index in [0.717, 1.165) is 25.8 Å². The molecule has 0 aromatic rings. The number of alkyl halides is 1. The normalized spacial score (nSPS) is 31.8. The highest BCUT2D eigenvalue weighted by Crippen LogP contribution is 2.24. The van der Waals surface area contributed by atoms with Crippen LogP contribution in [0.15, 0.2) is 0 Å². The minimum atomic E-state index is -1.05. The van der Waals surface area contributed by atoms with Gasteiger partial charge in [0.1, 0.15) is 12.2 Å². The average Bonchev–Trinajstić information content (AvgIpc) is 2.77. The second kappa shape index (κ2) is 9.42. The first-order chi connectivity index (χ1) is 9.10. The Morgan fingerprint density at radius 3 is 2.76 bits per heavy atom. The topological polar surface area (TPSA) is 82.2 Å². The molecule has 0 aromatic carbocycles. The van der Waals surface area contributed by atoms with Crippen LogP contribution in [0.2, 0.25) is 0 Å². The highest BCUT2D eigenvalue weighted by molar-refractivity contribution is 5.85. The number of carbonyl (C=O) groups is 1. The summed E-state index contributed by atoms with van der Waals surface area (Å²) >= 11 is 0. The Kier molecular flexibility index (Phi) is 9.14. The molecule has 0 saturated carbocycles. The van der Waals surface area contributed by atoms with Gasteiger partial charge in [-0.25, -0.2) is 4.39 Å². The summed E-state index contributed by atoms with van der Waals surface area (Å²) in [5.74, 6) is 0.350. The number of nitrogens with one attached hydrogen (secondary N) is 1. The van der Waals surface area contributed by atoms with Crippen molar-refractivity contribution in [2.45, 2.75) is 50.5 Å². The second-order valence-corrected chi connectivity index (χ2v) is 5.51. The van der Waals surface area contributed by atoms with Gasteiger partial charge in [-0.2, -0.15) is 5.26 Å². The molecule has 1 amide bonds. The third-order valence-corrected chi connectivity index (χ3v) is 4.03. The fourth-order valence-electron chi connectivity index (χ4n) is 2.95. The lowest BCUT2D eigenvalue weighted by molar-refractivity contribution is -0.131. The Bertz CT molecular complexity index is 380. The monoisotopic (exact) mass is 340 g/mol. The number of halogens is 3. The molecule has 2 fully saturated rings. The lowest BCUT2D eigenvalue weighted by Gasteiger charge is -2.28. The van der Waals surface area contributed by atoms with Crippen LogP contribution in [-0.2, 0) is 4.79 Å². The first-order valence-electron chi connectivity index (χ1n) is 6.92. The molecule has 0 spiro atoms. The molecule has 0 aromatic heterocycles. The Morgan fingerprint density at radius 2 is 2.14 bits per heavy atom. The zero-order valence-corrected chi connectivity index (χ0v) is 13.5. The molecule has 4 atom stereocenters. The molecule has 8 heteroatoms. The fourth-order valence-corrected chi connectivity index (χ4v) is 2.95. The maximum absolute atomic E-state index is 13.2. The number of nitriles is 1. The number of nitrogens with two attached hydrogens (primary N) is 1. The number of likely N-dealkylation sites (tertiary alicyclic amines) is 1. The molecule has 2 unspecified atom stereocenters. The van der Waals surface area contributed by atoms with Crippen LogP contribution in [0.4, 0.5) is 4.39 Å². The number of hydrogen-bond donors (Lipinski definition) is 2. The molecular weight excluding hydrogens is 318 g/mol. The molecular formula is C13H23Cl2FN4O. The zero-order chi connectivity index (χ0) is 13.8. The summed E-state index contributed by atoms with van der Waals surface area (Å²) in [6, 6.07) is 1.42. The number of piperidine rings is 1. The van der Waals surface area contributed by atoms with Crippen LogP contribution in [0.5, 0.6) is 0 Å². The van der Waals surface area contributed by atoms with E-state index in [1.54, 1.807) is 0 Å². The largest absolute Gasteiger partial charge is 0.324 e. The molecule has 3 N–H and O–H groups in total. The van der Waals surface area contributed by atoms with Gasteiger partial charge in [-0.3, -0.25) is 4.79 Å². The first-order valence-corrected chi connectivity index (χ1v) is 6.92. The average molecular weight is 341 g/mol. The molecule has 0 radical (unpaired) electrons. The van der Waals surface area contributed by atoms with Crippen molar-refractivity contribution < 1.29 is 9.18 Å². The minimum Gasteiger partial charge on any atom is -0.324 e. The molecule has 2 aliphatic heterocycles. The summed E-state index contributed by atoms with van der Waals surface area (Å²) in [7, 11) is 0. The molecule has 122 valence electrons. The summed E-state index contributed by atoms with van der Waals surface area (Å²) in [6.45, 7) is 0.958. The van der Waals surface area contributed by atoms with Crippen LogP contribution in [0.3, 0.4) is 0 Å².